The Hall–Kier alpha value is -2.34. The Kier molecular flexibility index (Phi) is 5.15. The van der Waals surface area contributed by atoms with Gasteiger partial charge in [-0.25, -0.2) is 0 Å². The minimum atomic E-state index is -0.123. The Bertz CT molecular complexity index is 1120. The van der Waals surface area contributed by atoms with Gasteiger partial charge < -0.3 is 4.57 Å². The number of hydrogen-bond acceptors (Lipinski definition) is 3. The zero-order valence-corrected chi connectivity index (χ0v) is 17.7. The lowest BCUT2D eigenvalue weighted by Crippen LogP contribution is -2.27. The first-order valence-electron chi connectivity index (χ1n) is 8.73. The fourth-order valence-corrected chi connectivity index (χ4v) is 4.83. The quantitative estimate of drug-likeness (QED) is 0.372. The van der Waals surface area contributed by atoms with Gasteiger partial charge in [0, 0.05) is 22.1 Å². The second-order valence-electron chi connectivity index (χ2n) is 6.49. The second-order valence-corrected chi connectivity index (χ2v) is 8.61. The van der Waals surface area contributed by atoms with Crippen molar-refractivity contribution in [3.8, 4) is 5.69 Å². The number of para-hydroxylation sites is 1. The van der Waals surface area contributed by atoms with Gasteiger partial charge in [-0.05, 0) is 61.9 Å². The first-order valence-corrected chi connectivity index (χ1v) is 10.3. The van der Waals surface area contributed by atoms with Crippen molar-refractivity contribution in [2.45, 2.75) is 13.8 Å². The van der Waals surface area contributed by atoms with E-state index in [1.165, 1.54) is 16.7 Å². The van der Waals surface area contributed by atoms with E-state index in [2.05, 4.69) is 36.6 Å². The van der Waals surface area contributed by atoms with Crippen LogP contribution in [0.2, 0.25) is 5.02 Å². The van der Waals surface area contributed by atoms with Crippen LogP contribution in [0.25, 0.3) is 11.8 Å². The number of thiocarbonyl (C=S) groups is 1. The van der Waals surface area contributed by atoms with E-state index in [9.17, 15) is 4.79 Å². The second kappa shape index (κ2) is 7.59. The summed E-state index contributed by atoms with van der Waals surface area (Å²) in [6.45, 7) is 4.12. The van der Waals surface area contributed by atoms with E-state index in [-0.39, 0.29) is 5.91 Å². The average molecular weight is 425 g/mol. The molecule has 2 heterocycles. The Balaban J connectivity index is 1.71. The van der Waals surface area contributed by atoms with Crippen LogP contribution in [0.1, 0.15) is 17.0 Å². The highest BCUT2D eigenvalue weighted by molar-refractivity contribution is 8.27. The third-order valence-electron chi connectivity index (χ3n) is 4.63. The maximum atomic E-state index is 13.0. The maximum Gasteiger partial charge on any atom is 0.270 e. The molecule has 6 heteroatoms. The highest BCUT2D eigenvalue weighted by atomic mass is 35.5. The summed E-state index contributed by atoms with van der Waals surface area (Å²) in [5, 5.41) is 0.571. The van der Waals surface area contributed by atoms with Crippen molar-refractivity contribution in [1.29, 1.82) is 0 Å². The van der Waals surface area contributed by atoms with Crippen LogP contribution in [-0.2, 0) is 4.79 Å². The Morgan fingerprint density at radius 3 is 2.43 bits per heavy atom. The third-order valence-corrected chi connectivity index (χ3v) is 6.17. The SMILES string of the molecule is Cc1cc(/C=C2\SC(=S)N(c3cccc(Cl)c3)C2=O)c(C)n1-c1ccccc1. The monoisotopic (exact) mass is 424 g/mol. The van der Waals surface area contributed by atoms with Gasteiger partial charge in [-0.3, -0.25) is 9.69 Å². The number of amides is 1. The standard InChI is InChI=1S/C22H17ClN2OS2/c1-14-11-16(15(2)24(14)18-8-4-3-5-9-18)12-20-21(26)25(22(27)28-20)19-10-6-7-17(23)13-19/h3-13H,1-2H3/b20-12-. The molecule has 0 spiro atoms. The smallest absolute Gasteiger partial charge is 0.270 e. The highest BCUT2D eigenvalue weighted by Crippen LogP contribution is 2.37. The number of hydrogen-bond donors (Lipinski definition) is 0. The number of nitrogens with zero attached hydrogens (tertiary/aromatic N) is 2. The highest BCUT2D eigenvalue weighted by Gasteiger charge is 2.33. The zero-order chi connectivity index (χ0) is 19.8. The van der Waals surface area contributed by atoms with Crippen molar-refractivity contribution < 1.29 is 4.79 Å². The molecular weight excluding hydrogens is 408 g/mol. The topological polar surface area (TPSA) is 25.2 Å². The van der Waals surface area contributed by atoms with Crippen LogP contribution in [0.4, 0.5) is 5.69 Å². The number of aromatic nitrogens is 1. The Labute approximate surface area is 178 Å². The minimum absolute atomic E-state index is 0.123. The van der Waals surface area contributed by atoms with E-state index in [1.54, 1.807) is 12.1 Å². The summed E-state index contributed by atoms with van der Waals surface area (Å²) >= 11 is 12.8. The number of rotatable bonds is 3. The summed E-state index contributed by atoms with van der Waals surface area (Å²) in [6.07, 6.45) is 1.92. The van der Waals surface area contributed by atoms with Gasteiger partial charge in [0.25, 0.3) is 5.91 Å². The van der Waals surface area contributed by atoms with Gasteiger partial charge in [0.2, 0.25) is 0 Å². The van der Waals surface area contributed by atoms with Crippen LogP contribution in [0, 0.1) is 13.8 Å². The van der Waals surface area contributed by atoms with E-state index in [0.717, 1.165) is 22.6 Å². The molecule has 0 bridgehead atoms. The summed E-state index contributed by atoms with van der Waals surface area (Å²) in [5.74, 6) is -0.123. The first-order chi connectivity index (χ1) is 13.5. The number of benzene rings is 2. The summed E-state index contributed by atoms with van der Waals surface area (Å²) < 4.78 is 2.69. The number of anilines is 1. The summed E-state index contributed by atoms with van der Waals surface area (Å²) in [7, 11) is 0. The number of halogens is 1. The zero-order valence-electron chi connectivity index (χ0n) is 15.3. The van der Waals surface area contributed by atoms with Crippen molar-refractivity contribution >= 4 is 57.6 Å². The Morgan fingerprint density at radius 2 is 1.71 bits per heavy atom. The van der Waals surface area contributed by atoms with Crippen LogP contribution in [0.5, 0.6) is 0 Å². The predicted octanol–water partition coefficient (Wildman–Crippen LogP) is 6.15. The number of thioether (sulfide) groups is 1. The molecule has 1 aliphatic heterocycles. The molecule has 28 heavy (non-hydrogen) atoms. The van der Waals surface area contributed by atoms with Crippen LogP contribution in [0.3, 0.4) is 0 Å². The van der Waals surface area contributed by atoms with Crippen LogP contribution < -0.4 is 4.90 Å². The molecule has 3 nitrogen and oxygen atoms in total. The molecule has 1 aromatic heterocycles. The third kappa shape index (κ3) is 3.41. The number of carbonyl (C=O) groups is 1. The van der Waals surface area contributed by atoms with Gasteiger partial charge >= 0.3 is 0 Å². The van der Waals surface area contributed by atoms with Crippen LogP contribution >= 0.6 is 35.6 Å². The van der Waals surface area contributed by atoms with Crippen molar-refractivity contribution in [3.63, 3.8) is 0 Å². The molecule has 1 aliphatic rings. The molecule has 0 saturated carbocycles. The molecule has 3 aromatic rings. The lowest BCUT2D eigenvalue weighted by molar-refractivity contribution is -0.113. The van der Waals surface area contributed by atoms with E-state index >= 15 is 0 Å². The summed E-state index contributed by atoms with van der Waals surface area (Å²) in [5.41, 5.74) is 4.99. The normalized spacial score (nSPS) is 15.7. The lowest BCUT2D eigenvalue weighted by atomic mass is 10.2. The Morgan fingerprint density at radius 1 is 1.00 bits per heavy atom. The number of aryl methyl sites for hydroxylation is 1. The van der Waals surface area contributed by atoms with Crippen molar-refractivity contribution in [3.05, 3.63) is 87.5 Å². The van der Waals surface area contributed by atoms with E-state index in [4.69, 9.17) is 23.8 Å². The maximum absolute atomic E-state index is 13.0. The van der Waals surface area contributed by atoms with Gasteiger partial charge in [0.1, 0.15) is 0 Å². The number of carbonyl (C=O) groups excluding carboxylic acids is 1. The molecule has 0 unspecified atom stereocenters. The van der Waals surface area contributed by atoms with Gasteiger partial charge in [-0.2, -0.15) is 0 Å². The van der Waals surface area contributed by atoms with Crippen LogP contribution in [-0.4, -0.2) is 14.8 Å². The minimum Gasteiger partial charge on any atom is -0.318 e. The molecular formula is C22H17ClN2OS2. The fourth-order valence-electron chi connectivity index (χ4n) is 3.35. The lowest BCUT2D eigenvalue weighted by Gasteiger charge is -2.14. The average Bonchev–Trinajstić information content (AvgIpc) is 3.11. The van der Waals surface area contributed by atoms with Gasteiger partial charge in [-0.1, -0.05) is 59.8 Å². The molecule has 0 atom stereocenters. The van der Waals surface area contributed by atoms with E-state index in [0.29, 0.717) is 19.9 Å². The molecule has 1 fully saturated rings. The van der Waals surface area contributed by atoms with Gasteiger partial charge in [0.05, 0.1) is 10.6 Å². The molecule has 0 N–H and O–H groups in total. The van der Waals surface area contributed by atoms with Gasteiger partial charge in [0.15, 0.2) is 4.32 Å². The molecule has 4 rings (SSSR count). The fraction of sp³-hybridized carbons (Fsp3) is 0.0909. The molecule has 0 radical (unpaired) electrons. The van der Waals surface area contributed by atoms with Gasteiger partial charge in [-0.15, -0.1) is 0 Å². The molecule has 1 saturated heterocycles. The largest absolute Gasteiger partial charge is 0.318 e. The van der Waals surface area contributed by atoms with Crippen molar-refractivity contribution in [1.82, 2.24) is 4.57 Å². The molecule has 140 valence electrons. The predicted molar refractivity (Wildman–Crippen MR) is 122 cm³/mol. The summed E-state index contributed by atoms with van der Waals surface area (Å²) in [4.78, 5) is 15.1. The first kappa shape index (κ1) is 19.0. The van der Waals surface area contributed by atoms with Crippen LogP contribution in [0.15, 0.2) is 65.6 Å². The molecule has 1 amide bonds. The van der Waals surface area contributed by atoms with E-state index in [1.807, 2.05) is 36.4 Å². The van der Waals surface area contributed by atoms with Crippen molar-refractivity contribution in [2.24, 2.45) is 0 Å². The van der Waals surface area contributed by atoms with Crippen molar-refractivity contribution in [2.75, 3.05) is 4.90 Å². The summed E-state index contributed by atoms with van der Waals surface area (Å²) in [6, 6.07) is 19.4. The van der Waals surface area contributed by atoms with E-state index < -0.39 is 0 Å². The molecule has 2 aromatic carbocycles. The molecule has 0 aliphatic carbocycles.